The van der Waals surface area contributed by atoms with Crippen LogP contribution in [0.5, 0.6) is 0 Å². The SMILES string of the molecule is CC[C@H](NC(=O)NCc1cccc(Cl)c1)c1c(C)noc1C. The Hall–Kier alpha value is -2.01. The van der Waals surface area contributed by atoms with Crippen LogP contribution >= 0.6 is 11.6 Å². The molecule has 118 valence electrons. The minimum atomic E-state index is -0.230. The van der Waals surface area contributed by atoms with Gasteiger partial charge in [-0.05, 0) is 38.0 Å². The fourth-order valence-electron chi connectivity index (χ4n) is 2.40. The van der Waals surface area contributed by atoms with Gasteiger partial charge in [0.1, 0.15) is 5.76 Å². The zero-order chi connectivity index (χ0) is 16.1. The maximum Gasteiger partial charge on any atom is 0.315 e. The quantitative estimate of drug-likeness (QED) is 0.877. The van der Waals surface area contributed by atoms with Crippen molar-refractivity contribution in [3.8, 4) is 0 Å². The van der Waals surface area contributed by atoms with Crippen LogP contribution in [-0.2, 0) is 6.54 Å². The van der Waals surface area contributed by atoms with Crippen LogP contribution in [0.4, 0.5) is 4.79 Å². The summed E-state index contributed by atoms with van der Waals surface area (Å²) in [4.78, 5) is 12.1. The number of nitrogens with zero attached hydrogens (tertiary/aromatic N) is 1. The predicted octanol–water partition coefficient (Wildman–Crippen LogP) is 3.90. The first-order valence-corrected chi connectivity index (χ1v) is 7.60. The minimum absolute atomic E-state index is 0.120. The molecule has 0 aliphatic carbocycles. The summed E-state index contributed by atoms with van der Waals surface area (Å²) in [6.07, 6.45) is 0.757. The van der Waals surface area contributed by atoms with Crippen LogP contribution in [0.15, 0.2) is 28.8 Å². The molecule has 0 saturated heterocycles. The summed E-state index contributed by atoms with van der Waals surface area (Å²) in [5.41, 5.74) is 2.70. The first kappa shape index (κ1) is 16.4. The van der Waals surface area contributed by atoms with Crippen molar-refractivity contribution in [3.63, 3.8) is 0 Å². The Morgan fingerprint density at radius 1 is 1.41 bits per heavy atom. The Morgan fingerprint density at radius 2 is 2.18 bits per heavy atom. The number of rotatable bonds is 5. The van der Waals surface area contributed by atoms with E-state index in [-0.39, 0.29) is 12.1 Å². The molecular weight excluding hydrogens is 302 g/mol. The summed E-state index contributed by atoms with van der Waals surface area (Å²) in [7, 11) is 0. The molecule has 2 aromatic rings. The van der Waals surface area contributed by atoms with Crippen LogP contribution in [0.1, 0.15) is 42.0 Å². The zero-order valence-corrected chi connectivity index (χ0v) is 13.7. The molecular formula is C16H20ClN3O2. The Morgan fingerprint density at radius 3 is 2.77 bits per heavy atom. The Labute approximate surface area is 135 Å². The van der Waals surface area contributed by atoms with E-state index in [2.05, 4.69) is 15.8 Å². The first-order valence-electron chi connectivity index (χ1n) is 7.22. The van der Waals surface area contributed by atoms with Gasteiger partial charge in [-0.1, -0.05) is 35.8 Å². The molecule has 1 atom stereocenters. The van der Waals surface area contributed by atoms with Gasteiger partial charge in [-0.25, -0.2) is 4.79 Å². The predicted molar refractivity (Wildman–Crippen MR) is 85.8 cm³/mol. The van der Waals surface area contributed by atoms with Crippen molar-refractivity contribution in [2.75, 3.05) is 0 Å². The number of amides is 2. The van der Waals surface area contributed by atoms with E-state index >= 15 is 0 Å². The maximum absolute atomic E-state index is 12.1. The van der Waals surface area contributed by atoms with E-state index < -0.39 is 0 Å². The van der Waals surface area contributed by atoms with Gasteiger partial charge in [0, 0.05) is 17.1 Å². The lowest BCUT2D eigenvalue weighted by atomic mass is 10.0. The Bertz CT molecular complexity index is 635. The molecule has 0 spiro atoms. The van der Waals surface area contributed by atoms with Crippen LogP contribution in [0, 0.1) is 13.8 Å². The molecule has 0 fully saturated rings. The molecule has 5 nitrogen and oxygen atoms in total. The van der Waals surface area contributed by atoms with E-state index in [0.29, 0.717) is 11.6 Å². The van der Waals surface area contributed by atoms with E-state index in [1.54, 1.807) is 6.07 Å². The van der Waals surface area contributed by atoms with Gasteiger partial charge in [-0.15, -0.1) is 0 Å². The number of benzene rings is 1. The summed E-state index contributed by atoms with van der Waals surface area (Å²) in [6.45, 7) is 6.15. The van der Waals surface area contributed by atoms with Crippen molar-refractivity contribution in [2.45, 2.75) is 39.8 Å². The van der Waals surface area contributed by atoms with Gasteiger partial charge in [0.15, 0.2) is 0 Å². The van der Waals surface area contributed by atoms with Gasteiger partial charge in [-0.2, -0.15) is 0 Å². The zero-order valence-electron chi connectivity index (χ0n) is 12.9. The van der Waals surface area contributed by atoms with Gasteiger partial charge in [0.2, 0.25) is 0 Å². The normalized spacial score (nSPS) is 12.0. The fourth-order valence-corrected chi connectivity index (χ4v) is 2.62. The van der Waals surface area contributed by atoms with Crippen LogP contribution in [0.25, 0.3) is 0 Å². The van der Waals surface area contributed by atoms with E-state index in [1.165, 1.54) is 0 Å². The summed E-state index contributed by atoms with van der Waals surface area (Å²) >= 11 is 5.92. The van der Waals surface area contributed by atoms with Crippen LogP contribution in [0.3, 0.4) is 0 Å². The molecule has 2 rings (SSSR count). The molecule has 22 heavy (non-hydrogen) atoms. The third-order valence-electron chi connectivity index (χ3n) is 3.49. The highest BCUT2D eigenvalue weighted by Crippen LogP contribution is 2.23. The average Bonchev–Trinajstić information content (AvgIpc) is 2.82. The molecule has 2 amide bonds. The highest BCUT2D eigenvalue weighted by Gasteiger charge is 2.20. The third kappa shape index (κ3) is 4.01. The van der Waals surface area contributed by atoms with Crippen molar-refractivity contribution >= 4 is 17.6 Å². The van der Waals surface area contributed by atoms with Crippen molar-refractivity contribution in [3.05, 3.63) is 51.9 Å². The molecule has 0 bridgehead atoms. The van der Waals surface area contributed by atoms with Gasteiger partial charge < -0.3 is 15.2 Å². The number of carbonyl (C=O) groups excluding carboxylic acids is 1. The van der Waals surface area contributed by atoms with Crippen molar-refractivity contribution < 1.29 is 9.32 Å². The van der Waals surface area contributed by atoms with Crippen LogP contribution in [-0.4, -0.2) is 11.2 Å². The number of aryl methyl sites for hydroxylation is 2. The molecule has 1 heterocycles. The number of halogens is 1. The fraction of sp³-hybridized carbons (Fsp3) is 0.375. The second-order valence-electron chi connectivity index (χ2n) is 5.16. The second kappa shape index (κ2) is 7.31. The highest BCUT2D eigenvalue weighted by molar-refractivity contribution is 6.30. The first-order chi connectivity index (χ1) is 10.5. The van der Waals surface area contributed by atoms with Crippen molar-refractivity contribution in [2.24, 2.45) is 0 Å². The number of urea groups is 1. The highest BCUT2D eigenvalue weighted by atomic mass is 35.5. The summed E-state index contributed by atoms with van der Waals surface area (Å²) in [6, 6.07) is 7.05. The average molecular weight is 322 g/mol. The van der Waals surface area contributed by atoms with E-state index in [4.69, 9.17) is 16.1 Å². The number of hydrogen-bond donors (Lipinski definition) is 2. The lowest BCUT2D eigenvalue weighted by molar-refractivity contribution is 0.236. The van der Waals surface area contributed by atoms with Gasteiger partial charge >= 0.3 is 6.03 Å². The summed E-state index contributed by atoms with van der Waals surface area (Å²) in [5.74, 6) is 0.736. The smallest absolute Gasteiger partial charge is 0.315 e. The molecule has 0 aliphatic rings. The van der Waals surface area contributed by atoms with Crippen LogP contribution < -0.4 is 10.6 Å². The topological polar surface area (TPSA) is 67.2 Å². The largest absolute Gasteiger partial charge is 0.361 e. The molecule has 2 N–H and O–H groups in total. The molecule has 0 aliphatic heterocycles. The third-order valence-corrected chi connectivity index (χ3v) is 3.73. The van der Waals surface area contributed by atoms with Crippen LogP contribution in [0.2, 0.25) is 5.02 Å². The molecule has 1 aromatic heterocycles. The monoisotopic (exact) mass is 321 g/mol. The lowest BCUT2D eigenvalue weighted by Crippen LogP contribution is -2.37. The lowest BCUT2D eigenvalue weighted by Gasteiger charge is -2.17. The van der Waals surface area contributed by atoms with Gasteiger partial charge in [0.05, 0.1) is 11.7 Å². The maximum atomic E-state index is 12.1. The van der Waals surface area contributed by atoms with E-state index in [0.717, 1.165) is 29.0 Å². The van der Waals surface area contributed by atoms with Crippen molar-refractivity contribution in [1.29, 1.82) is 0 Å². The molecule has 0 saturated carbocycles. The van der Waals surface area contributed by atoms with E-state index in [9.17, 15) is 4.79 Å². The van der Waals surface area contributed by atoms with Gasteiger partial charge in [0.25, 0.3) is 0 Å². The summed E-state index contributed by atoms with van der Waals surface area (Å²) < 4.78 is 5.17. The van der Waals surface area contributed by atoms with E-state index in [1.807, 2.05) is 39.0 Å². The number of nitrogens with one attached hydrogen (secondary N) is 2. The number of carbonyl (C=O) groups is 1. The molecule has 1 aromatic carbocycles. The molecule has 6 heteroatoms. The summed E-state index contributed by atoms with van der Waals surface area (Å²) in [5, 5.41) is 10.4. The van der Waals surface area contributed by atoms with Gasteiger partial charge in [-0.3, -0.25) is 0 Å². The standard InChI is InChI=1S/C16H20ClN3O2/c1-4-14(15-10(2)20-22-11(15)3)19-16(21)18-9-12-6-5-7-13(17)8-12/h5-8,14H,4,9H2,1-3H3,(H2,18,19,21)/t14-/m0/s1. The Balaban J connectivity index is 1.95. The number of aromatic nitrogens is 1. The molecule has 0 unspecified atom stereocenters. The Kier molecular flexibility index (Phi) is 5.44. The minimum Gasteiger partial charge on any atom is -0.361 e. The van der Waals surface area contributed by atoms with Crippen molar-refractivity contribution in [1.82, 2.24) is 15.8 Å². The second-order valence-corrected chi connectivity index (χ2v) is 5.59. The number of hydrogen-bond acceptors (Lipinski definition) is 3. The molecule has 0 radical (unpaired) electrons.